The number of hydrogen-bond donors (Lipinski definition) is 1. The monoisotopic (exact) mass is 312 g/mol. The molecule has 4 heteroatoms. The van der Waals surface area contributed by atoms with E-state index >= 15 is 0 Å². The van der Waals surface area contributed by atoms with Crippen molar-refractivity contribution in [2.24, 2.45) is 5.92 Å². The van der Waals surface area contributed by atoms with Crippen LogP contribution in [0, 0.1) is 5.92 Å². The van der Waals surface area contributed by atoms with Gasteiger partial charge in [0.15, 0.2) is 11.7 Å². The van der Waals surface area contributed by atoms with E-state index in [1.54, 1.807) is 6.20 Å². The molecule has 23 heavy (non-hydrogen) atoms. The van der Waals surface area contributed by atoms with Gasteiger partial charge in [-0.15, -0.1) is 0 Å². The summed E-state index contributed by atoms with van der Waals surface area (Å²) in [5.41, 5.74) is 1.01. The van der Waals surface area contributed by atoms with Crippen LogP contribution >= 0.6 is 0 Å². The van der Waals surface area contributed by atoms with Gasteiger partial charge in [-0.3, -0.25) is 4.79 Å². The highest BCUT2D eigenvalue weighted by Crippen LogP contribution is 2.23. The summed E-state index contributed by atoms with van der Waals surface area (Å²) in [5, 5.41) is 3.14. The Morgan fingerprint density at radius 2 is 1.96 bits per heavy atom. The highest BCUT2D eigenvalue weighted by Gasteiger charge is 2.19. The maximum absolute atomic E-state index is 12.1. The second-order valence-corrected chi connectivity index (χ2v) is 6.51. The molecule has 0 radical (unpaired) electrons. The van der Waals surface area contributed by atoms with Crippen LogP contribution in [0.1, 0.15) is 44.9 Å². The summed E-state index contributed by atoms with van der Waals surface area (Å²) in [6, 6.07) is 10.2. The second-order valence-electron chi connectivity index (χ2n) is 6.51. The summed E-state index contributed by atoms with van der Waals surface area (Å²) >= 11 is 0. The molecule has 1 saturated carbocycles. The molecule has 0 atom stereocenters. The van der Waals surface area contributed by atoms with Gasteiger partial charge in [0, 0.05) is 24.4 Å². The molecule has 1 fully saturated rings. The maximum atomic E-state index is 12.1. The topological polar surface area (TPSA) is 55.1 Å². The van der Waals surface area contributed by atoms with Crippen LogP contribution in [0.2, 0.25) is 0 Å². The summed E-state index contributed by atoms with van der Waals surface area (Å²) in [6.45, 7) is 2.28. The van der Waals surface area contributed by atoms with Gasteiger partial charge < -0.3 is 9.73 Å². The van der Waals surface area contributed by atoms with E-state index in [2.05, 4.69) is 17.2 Å². The molecule has 2 aromatic rings. The highest BCUT2D eigenvalue weighted by molar-refractivity contribution is 5.76. The van der Waals surface area contributed by atoms with Gasteiger partial charge in [0.1, 0.15) is 0 Å². The molecule has 0 spiro atoms. The zero-order valence-electron chi connectivity index (χ0n) is 13.6. The second kappa shape index (κ2) is 7.44. The lowest BCUT2D eigenvalue weighted by molar-refractivity contribution is -0.122. The molecule has 1 aliphatic rings. The third-order valence-corrected chi connectivity index (χ3v) is 4.56. The molecule has 0 unspecified atom stereocenters. The van der Waals surface area contributed by atoms with Crippen LogP contribution < -0.4 is 5.32 Å². The van der Waals surface area contributed by atoms with E-state index in [0.717, 1.165) is 30.1 Å². The smallest absolute Gasteiger partial charge is 0.220 e. The first-order valence-corrected chi connectivity index (χ1v) is 8.50. The van der Waals surface area contributed by atoms with Crippen molar-refractivity contribution in [1.29, 1.82) is 0 Å². The number of oxazole rings is 1. The number of carbonyl (C=O) groups excluding carboxylic acids is 1. The summed E-state index contributed by atoms with van der Waals surface area (Å²) in [6.07, 6.45) is 7.33. The van der Waals surface area contributed by atoms with Gasteiger partial charge in [0.2, 0.25) is 5.91 Å². The number of benzene rings is 1. The molecule has 1 aromatic heterocycles. The summed E-state index contributed by atoms with van der Waals surface area (Å²) < 4.78 is 5.73. The van der Waals surface area contributed by atoms with Crippen molar-refractivity contribution < 1.29 is 9.21 Å². The maximum Gasteiger partial charge on any atom is 0.220 e. The van der Waals surface area contributed by atoms with Crippen LogP contribution in [0.5, 0.6) is 0 Å². The van der Waals surface area contributed by atoms with Gasteiger partial charge >= 0.3 is 0 Å². The number of nitrogens with zero attached hydrogens (tertiary/aromatic N) is 1. The Hall–Kier alpha value is -2.10. The van der Waals surface area contributed by atoms with Gasteiger partial charge in [-0.05, 0) is 31.6 Å². The van der Waals surface area contributed by atoms with E-state index in [0.29, 0.717) is 24.8 Å². The molecule has 1 aliphatic carbocycles. The number of carbonyl (C=O) groups is 1. The fourth-order valence-corrected chi connectivity index (χ4v) is 3.09. The fourth-order valence-electron chi connectivity index (χ4n) is 3.09. The van der Waals surface area contributed by atoms with E-state index in [9.17, 15) is 4.79 Å². The normalized spacial score (nSPS) is 21.1. The number of rotatable bonds is 5. The highest BCUT2D eigenvalue weighted by atomic mass is 16.4. The lowest BCUT2D eigenvalue weighted by Gasteiger charge is -2.26. The predicted octanol–water partition coefficient (Wildman–Crippen LogP) is 3.97. The largest absolute Gasteiger partial charge is 0.441 e. The van der Waals surface area contributed by atoms with Crippen LogP contribution in [-0.4, -0.2) is 16.9 Å². The number of amides is 1. The number of nitrogens with one attached hydrogen (secondary N) is 1. The molecule has 3 rings (SSSR count). The van der Waals surface area contributed by atoms with E-state index in [1.807, 2.05) is 30.3 Å². The molecule has 4 nitrogen and oxygen atoms in total. The quantitative estimate of drug-likeness (QED) is 0.909. The molecule has 1 N–H and O–H groups in total. The van der Waals surface area contributed by atoms with Crippen molar-refractivity contribution >= 4 is 5.91 Å². The van der Waals surface area contributed by atoms with Crippen LogP contribution in [0.4, 0.5) is 0 Å². The van der Waals surface area contributed by atoms with Gasteiger partial charge in [-0.2, -0.15) is 0 Å². The average Bonchev–Trinajstić information content (AvgIpc) is 3.05. The summed E-state index contributed by atoms with van der Waals surface area (Å²) in [4.78, 5) is 16.3. The van der Waals surface area contributed by atoms with Crippen molar-refractivity contribution in [3.63, 3.8) is 0 Å². The van der Waals surface area contributed by atoms with Crippen LogP contribution in [-0.2, 0) is 11.2 Å². The zero-order valence-corrected chi connectivity index (χ0v) is 13.6. The van der Waals surface area contributed by atoms with Crippen LogP contribution in [0.15, 0.2) is 40.9 Å². The van der Waals surface area contributed by atoms with E-state index in [4.69, 9.17) is 4.42 Å². The molecular weight excluding hydrogens is 288 g/mol. The third kappa shape index (κ3) is 4.44. The average molecular weight is 312 g/mol. The van der Waals surface area contributed by atoms with Crippen LogP contribution in [0.25, 0.3) is 11.3 Å². The van der Waals surface area contributed by atoms with Crippen LogP contribution in [0.3, 0.4) is 0 Å². The Morgan fingerprint density at radius 3 is 2.70 bits per heavy atom. The number of aromatic nitrogens is 1. The van der Waals surface area contributed by atoms with Crippen molar-refractivity contribution in [3.05, 3.63) is 42.4 Å². The third-order valence-electron chi connectivity index (χ3n) is 4.56. The fraction of sp³-hybridized carbons (Fsp3) is 0.474. The minimum Gasteiger partial charge on any atom is -0.441 e. The van der Waals surface area contributed by atoms with Crippen molar-refractivity contribution in [1.82, 2.24) is 10.3 Å². The van der Waals surface area contributed by atoms with E-state index in [-0.39, 0.29) is 5.91 Å². The molecule has 122 valence electrons. The predicted molar refractivity (Wildman–Crippen MR) is 89.8 cm³/mol. The number of aryl methyl sites for hydroxylation is 1. The Balaban J connectivity index is 1.47. The Bertz CT molecular complexity index is 628. The van der Waals surface area contributed by atoms with Crippen molar-refractivity contribution in [3.8, 4) is 11.3 Å². The first-order valence-electron chi connectivity index (χ1n) is 8.50. The minimum absolute atomic E-state index is 0.101. The molecule has 0 aliphatic heterocycles. The van der Waals surface area contributed by atoms with Gasteiger partial charge in [0.25, 0.3) is 0 Å². The first-order chi connectivity index (χ1) is 11.2. The SMILES string of the molecule is CC1CCC(NC(=O)CCc2ncc(-c3ccccc3)o2)CC1. The Morgan fingerprint density at radius 1 is 1.22 bits per heavy atom. The Labute approximate surface area is 137 Å². The molecular formula is C19H24N2O2. The standard InChI is InChI=1S/C19H24N2O2/c1-14-7-9-16(10-8-14)21-18(22)11-12-19-20-13-17(23-19)15-5-3-2-4-6-15/h2-6,13-14,16H,7-12H2,1H3,(H,21,22). The number of hydrogen-bond acceptors (Lipinski definition) is 3. The lowest BCUT2D eigenvalue weighted by atomic mass is 9.87. The zero-order chi connectivity index (χ0) is 16.1. The van der Waals surface area contributed by atoms with E-state index in [1.165, 1.54) is 12.8 Å². The first kappa shape index (κ1) is 15.8. The summed E-state index contributed by atoms with van der Waals surface area (Å²) in [5.74, 6) is 2.27. The van der Waals surface area contributed by atoms with E-state index < -0.39 is 0 Å². The molecule has 1 heterocycles. The van der Waals surface area contributed by atoms with Crippen molar-refractivity contribution in [2.45, 2.75) is 51.5 Å². The van der Waals surface area contributed by atoms with Gasteiger partial charge in [-0.25, -0.2) is 4.98 Å². The molecule has 0 bridgehead atoms. The minimum atomic E-state index is 0.101. The molecule has 1 amide bonds. The van der Waals surface area contributed by atoms with Gasteiger partial charge in [0.05, 0.1) is 6.20 Å². The van der Waals surface area contributed by atoms with Gasteiger partial charge in [-0.1, -0.05) is 37.3 Å². The summed E-state index contributed by atoms with van der Waals surface area (Å²) in [7, 11) is 0. The van der Waals surface area contributed by atoms with Crippen molar-refractivity contribution in [2.75, 3.05) is 0 Å². The Kier molecular flexibility index (Phi) is 5.11. The lowest BCUT2D eigenvalue weighted by Crippen LogP contribution is -2.37. The molecule has 0 saturated heterocycles. The molecule has 1 aromatic carbocycles.